The molecule has 138 valence electrons. The van der Waals surface area contributed by atoms with Crippen LogP contribution in [0.3, 0.4) is 0 Å². The fourth-order valence-corrected chi connectivity index (χ4v) is 3.01. The molecule has 0 atom stereocenters. The first kappa shape index (κ1) is 19.1. The average molecular weight is 348 g/mol. The van der Waals surface area contributed by atoms with Crippen LogP contribution in [0.25, 0.3) is 0 Å². The molecule has 1 fully saturated rings. The Kier molecular flexibility index (Phi) is 7.57. The number of benzene rings is 1. The molecule has 0 unspecified atom stereocenters. The SMILES string of the molecule is COc1ccc(CCCC(=O)NCC(=O)N2CCCCC2)cc1OC. The number of nitrogens with zero attached hydrogens (tertiary/aromatic N) is 1. The van der Waals surface area contributed by atoms with Crippen LogP contribution in [-0.4, -0.2) is 50.6 Å². The Hall–Kier alpha value is -2.24. The summed E-state index contributed by atoms with van der Waals surface area (Å²) >= 11 is 0. The summed E-state index contributed by atoms with van der Waals surface area (Å²) in [7, 11) is 3.21. The molecule has 1 saturated heterocycles. The van der Waals surface area contributed by atoms with Crippen molar-refractivity contribution in [3.63, 3.8) is 0 Å². The van der Waals surface area contributed by atoms with Gasteiger partial charge in [0.25, 0.3) is 0 Å². The Morgan fingerprint density at radius 1 is 1.08 bits per heavy atom. The molecule has 2 amide bonds. The van der Waals surface area contributed by atoms with Gasteiger partial charge in [0.15, 0.2) is 11.5 Å². The van der Waals surface area contributed by atoms with Crippen LogP contribution in [0.1, 0.15) is 37.7 Å². The predicted molar refractivity (Wildman–Crippen MR) is 95.9 cm³/mol. The van der Waals surface area contributed by atoms with Crippen LogP contribution in [0.4, 0.5) is 0 Å². The number of aryl methyl sites for hydroxylation is 1. The number of hydrogen-bond donors (Lipinski definition) is 1. The number of hydrogen-bond acceptors (Lipinski definition) is 4. The smallest absolute Gasteiger partial charge is 0.241 e. The zero-order valence-electron chi connectivity index (χ0n) is 15.2. The van der Waals surface area contributed by atoms with Crippen LogP contribution in [-0.2, 0) is 16.0 Å². The standard InChI is InChI=1S/C19H28N2O4/c1-24-16-10-9-15(13-17(16)25-2)7-6-8-18(22)20-14-19(23)21-11-4-3-5-12-21/h9-10,13H,3-8,11-12,14H2,1-2H3,(H,20,22). The van der Waals surface area contributed by atoms with Crippen molar-refractivity contribution in [3.05, 3.63) is 23.8 Å². The third-order valence-corrected chi connectivity index (χ3v) is 4.46. The zero-order valence-corrected chi connectivity index (χ0v) is 15.2. The maximum atomic E-state index is 12.0. The highest BCUT2D eigenvalue weighted by Gasteiger charge is 2.16. The first-order chi connectivity index (χ1) is 12.1. The lowest BCUT2D eigenvalue weighted by Crippen LogP contribution is -2.42. The fourth-order valence-electron chi connectivity index (χ4n) is 3.01. The molecule has 0 radical (unpaired) electrons. The van der Waals surface area contributed by atoms with Crippen LogP contribution in [0.5, 0.6) is 11.5 Å². The van der Waals surface area contributed by atoms with Gasteiger partial charge < -0.3 is 19.7 Å². The first-order valence-corrected chi connectivity index (χ1v) is 8.89. The quantitative estimate of drug-likeness (QED) is 0.782. The normalized spacial score (nSPS) is 14.1. The lowest BCUT2D eigenvalue weighted by atomic mass is 10.1. The van der Waals surface area contributed by atoms with Gasteiger partial charge in [-0.05, 0) is 49.8 Å². The highest BCUT2D eigenvalue weighted by Crippen LogP contribution is 2.28. The second-order valence-corrected chi connectivity index (χ2v) is 6.26. The van der Waals surface area contributed by atoms with E-state index in [0.717, 1.165) is 44.3 Å². The van der Waals surface area contributed by atoms with E-state index >= 15 is 0 Å². The van der Waals surface area contributed by atoms with E-state index in [2.05, 4.69) is 5.32 Å². The summed E-state index contributed by atoms with van der Waals surface area (Å²) in [6, 6.07) is 5.77. The molecule has 0 bridgehead atoms. The molecule has 0 aliphatic carbocycles. The third-order valence-electron chi connectivity index (χ3n) is 4.46. The Balaban J connectivity index is 1.69. The molecule has 6 nitrogen and oxygen atoms in total. The second kappa shape index (κ2) is 9.91. The van der Waals surface area contributed by atoms with Gasteiger partial charge in [0.2, 0.25) is 11.8 Å². The predicted octanol–water partition coefficient (Wildman–Crippen LogP) is 2.16. The van der Waals surface area contributed by atoms with Crippen LogP contribution in [0.2, 0.25) is 0 Å². The molecule has 1 N–H and O–H groups in total. The average Bonchev–Trinajstić information content (AvgIpc) is 2.66. The molecule has 0 spiro atoms. The molecular formula is C19H28N2O4. The second-order valence-electron chi connectivity index (χ2n) is 6.26. The van der Waals surface area contributed by atoms with Crippen molar-refractivity contribution in [1.82, 2.24) is 10.2 Å². The number of methoxy groups -OCH3 is 2. The van der Waals surface area contributed by atoms with Gasteiger partial charge in [-0.1, -0.05) is 6.07 Å². The van der Waals surface area contributed by atoms with E-state index in [1.54, 1.807) is 14.2 Å². The summed E-state index contributed by atoms with van der Waals surface area (Å²) in [5.41, 5.74) is 1.09. The van der Waals surface area contributed by atoms with Crippen molar-refractivity contribution in [2.45, 2.75) is 38.5 Å². The third kappa shape index (κ3) is 5.96. The fraction of sp³-hybridized carbons (Fsp3) is 0.579. The summed E-state index contributed by atoms with van der Waals surface area (Å²) in [6.07, 6.45) is 5.21. The van der Waals surface area contributed by atoms with Crippen LogP contribution in [0.15, 0.2) is 18.2 Å². The number of amides is 2. The largest absolute Gasteiger partial charge is 0.493 e. The maximum absolute atomic E-state index is 12.0. The van der Waals surface area contributed by atoms with E-state index in [0.29, 0.717) is 17.9 Å². The number of likely N-dealkylation sites (tertiary alicyclic amines) is 1. The molecule has 6 heteroatoms. The molecule has 1 aromatic carbocycles. The van der Waals surface area contributed by atoms with Gasteiger partial charge in [0, 0.05) is 19.5 Å². The zero-order chi connectivity index (χ0) is 18.1. The van der Waals surface area contributed by atoms with Gasteiger partial charge in [-0.25, -0.2) is 0 Å². The topological polar surface area (TPSA) is 67.9 Å². The lowest BCUT2D eigenvalue weighted by molar-refractivity contribution is -0.133. The van der Waals surface area contributed by atoms with E-state index < -0.39 is 0 Å². The number of nitrogens with one attached hydrogen (secondary N) is 1. The lowest BCUT2D eigenvalue weighted by Gasteiger charge is -2.26. The van der Waals surface area contributed by atoms with Crippen molar-refractivity contribution in [2.75, 3.05) is 33.9 Å². The number of carbonyl (C=O) groups is 2. The summed E-state index contributed by atoms with van der Waals surface area (Å²) in [6.45, 7) is 1.73. The summed E-state index contributed by atoms with van der Waals surface area (Å²) in [4.78, 5) is 25.8. The minimum absolute atomic E-state index is 0.0212. The van der Waals surface area contributed by atoms with Crippen LogP contribution in [0, 0.1) is 0 Å². The minimum atomic E-state index is -0.0779. The van der Waals surface area contributed by atoms with Crippen molar-refractivity contribution in [3.8, 4) is 11.5 Å². The summed E-state index contributed by atoms with van der Waals surface area (Å²) < 4.78 is 10.5. The van der Waals surface area contributed by atoms with E-state index in [4.69, 9.17) is 9.47 Å². The van der Waals surface area contributed by atoms with Gasteiger partial charge >= 0.3 is 0 Å². The molecule has 2 rings (SSSR count). The highest BCUT2D eigenvalue weighted by molar-refractivity contribution is 5.84. The number of piperidine rings is 1. The van der Waals surface area contributed by atoms with Crippen LogP contribution >= 0.6 is 0 Å². The highest BCUT2D eigenvalue weighted by atomic mass is 16.5. The first-order valence-electron chi connectivity index (χ1n) is 8.89. The monoisotopic (exact) mass is 348 g/mol. The van der Waals surface area contributed by atoms with Crippen molar-refractivity contribution < 1.29 is 19.1 Å². The van der Waals surface area contributed by atoms with E-state index in [-0.39, 0.29) is 18.4 Å². The maximum Gasteiger partial charge on any atom is 0.241 e. The molecule has 1 aliphatic rings. The molecule has 0 saturated carbocycles. The Labute approximate surface area is 149 Å². The molecule has 1 aliphatic heterocycles. The minimum Gasteiger partial charge on any atom is -0.493 e. The number of rotatable bonds is 8. The van der Waals surface area contributed by atoms with Crippen molar-refractivity contribution in [2.24, 2.45) is 0 Å². The Morgan fingerprint density at radius 2 is 1.80 bits per heavy atom. The van der Waals surface area contributed by atoms with Gasteiger partial charge in [-0.2, -0.15) is 0 Å². The van der Waals surface area contributed by atoms with Crippen molar-refractivity contribution in [1.29, 1.82) is 0 Å². The molecular weight excluding hydrogens is 320 g/mol. The van der Waals surface area contributed by atoms with E-state index in [1.165, 1.54) is 6.42 Å². The van der Waals surface area contributed by atoms with Gasteiger partial charge in [0.05, 0.1) is 20.8 Å². The van der Waals surface area contributed by atoms with Gasteiger partial charge in [-0.3, -0.25) is 9.59 Å². The van der Waals surface area contributed by atoms with Crippen LogP contribution < -0.4 is 14.8 Å². The molecule has 1 aromatic rings. The summed E-state index contributed by atoms with van der Waals surface area (Å²) in [5.74, 6) is 1.33. The van der Waals surface area contributed by atoms with Gasteiger partial charge in [0.1, 0.15) is 0 Å². The number of carbonyl (C=O) groups excluding carboxylic acids is 2. The Bertz CT molecular complexity index is 583. The van der Waals surface area contributed by atoms with E-state index in [1.807, 2.05) is 23.1 Å². The van der Waals surface area contributed by atoms with E-state index in [9.17, 15) is 9.59 Å². The molecule has 1 heterocycles. The van der Waals surface area contributed by atoms with Gasteiger partial charge in [-0.15, -0.1) is 0 Å². The Morgan fingerprint density at radius 3 is 2.48 bits per heavy atom. The van der Waals surface area contributed by atoms with Crippen molar-refractivity contribution >= 4 is 11.8 Å². The molecule has 0 aromatic heterocycles. The molecule has 25 heavy (non-hydrogen) atoms. The summed E-state index contributed by atoms with van der Waals surface area (Å²) in [5, 5.41) is 2.73. The number of ether oxygens (including phenoxy) is 2.